The molecule has 22 heavy (non-hydrogen) atoms. The molecule has 1 aliphatic carbocycles. The number of aromatic amines is 1. The van der Waals surface area contributed by atoms with E-state index in [-0.39, 0.29) is 17.6 Å². The lowest BCUT2D eigenvalue weighted by Crippen LogP contribution is -2.30. The lowest BCUT2D eigenvalue weighted by atomic mass is 10.1. The van der Waals surface area contributed by atoms with Gasteiger partial charge >= 0.3 is 0 Å². The molecule has 3 rings (SSSR count). The summed E-state index contributed by atoms with van der Waals surface area (Å²) >= 11 is 0. The topological polar surface area (TPSA) is 65.6 Å². The molecule has 118 valence electrons. The number of ether oxygens (including phenoxy) is 1. The highest BCUT2D eigenvalue weighted by Crippen LogP contribution is 2.45. The second-order valence-corrected chi connectivity index (χ2v) is 6.41. The van der Waals surface area contributed by atoms with Crippen LogP contribution in [0.1, 0.15) is 18.4 Å². The van der Waals surface area contributed by atoms with Crippen LogP contribution >= 0.6 is 0 Å². The number of pyridine rings is 1. The zero-order valence-electron chi connectivity index (χ0n) is 13.1. The first kappa shape index (κ1) is 15.1. The predicted molar refractivity (Wildman–Crippen MR) is 86.2 cm³/mol. The van der Waals surface area contributed by atoms with Crippen molar-refractivity contribution in [2.45, 2.75) is 19.4 Å². The van der Waals surface area contributed by atoms with Crippen molar-refractivity contribution in [1.29, 1.82) is 0 Å². The van der Waals surface area contributed by atoms with Gasteiger partial charge in [0.1, 0.15) is 5.75 Å². The first-order valence-electron chi connectivity index (χ1n) is 7.55. The first-order chi connectivity index (χ1) is 10.5. The van der Waals surface area contributed by atoms with Crippen molar-refractivity contribution in [3.8, 4) is 5.75 Å². The number of aliphatic hydroxyl groups excluding tert-OH is 1. The van der Waals surface area contributed by atoms with E-state index in [0.717, 1.165) is 41.6 Å². The zero-order chi connectivity index (χ0) is 15.7. The fraction of sp³-hybridized carbons (Fsp3) is 0.471. The Balaban J connectivity index is 1.81. The SMILES string of the molecule is COc1ccc2cc(CN(C)CC3(CO)CC3)c(=O)[nH]c2c1. The maximum Gasteiger partial charge on any atom is 0.252 e. The number of H-pyrrole nitrogens is 1. The quantitative estimate of drug-likeness (QED) is 0.853. The third kappa shape index (κ3) is 3.00. The number of benzene rings is 1. The average Bonchev–Trinajstić information content (AvgIpc) is 3.27. The molecule has 0 saturated heterocycles. The van der Waals surface area contributed by atoms with Crippen LogP contribution in [-0.4, -0.2) is 42.3 Å². The van der Waals surface area contributed by atoms with Crippen molar-refractivity contribution >= 4 is 10.9 Å². The van der Waals surface area contributed by atoms with Gasteiger partial charge in [-0.05, 0) is 43.5 Å². The molecule has 0 unspecified atom stereocenters. The smallest absolute Gasteiger partial charge is 0.252 e. The molecule has 1 aromatic carbocycles. The third-order valence-electron chi connectivity index (χ3n) is 4.47. The number of methoxy groups -OCH3 is 1. The molecule has 5 nitrogen and oxygen atoms in total. The number of hydrogen-bond acceptors (Lipinski definition) is 4. The lowest BCUT2D eigenvalue weighted by molar-refractivity contribution is 0.161. The maximum absolute atomic E-state index is 12.2. The predicted octanol–water partition coefficient (Wildman–Crippen LogP) is 1.74. The highest BCUT2D eigenvalue weighted by molar-refractivity contribution is 5.80. The Labute approximate surface area is 129 Å². The first-order valence-corrected chi connectivity index (χ1v) is 7.55. The van der Waals surface area contributed by atoms with Gasteiger partial charge in [-0.1, -0.05) is 0 Å². The number of hydrogen-bond donors (Lipinski definition) is 2. The highest BCUT2D eigenvalue weighted by atomic mass is 16.5. The van der Waals surface area contributed by atoms with Gasteiger partial charge in [0.25, 0.3) is 5.56 Å². The summed E-state index contributed by atoms with van der Waals surface area (Å²) in [5.41, 5.74) is 1.52. The van der Waals surface area contributed by atoms with Crippen molar-refractivity contribution in [3.63, 3.8) is 0 Å². The summed E-state index contributed by atoms with van der Waals surface area (Å²) in [7, 11) is 3.60. The molecule has 2 N–H and O–H groups in total. The van der Waals surface area contributed by atoms with E-state index in [1.807, 2.05) is 31.3 Å². The molecule has 0 radical (unpaired) electrons. The summed E-state index contributed by atoms with van der Waals surface area (Å²) in [6.45, 7) is 1.63. The fourth-order valence-corrected chi connectivity index (χ4v) is 2.93. The summed E-state index contributed by atoms with van der Waals surface area (Å²) in [4.78, 5) is 17.3. The molecule has 0 spiro atoms. The molecule has 1 saturated carbocycles. The van der Waals surface area contributed by atoms with Crippen LogP contribution in [0.2, 0.25) is 0 Å². The summed E-state index contributed by atoms with van der Waals surface area (Å²) in [5, 5.41) is 10.4. The van der Waals surface area contributed by atoms with Crippen LogP contribution in [0, 0.1) is 5.41 Å². The van der Waals surface area contributed by atoms with E-state index in [4.69, 9.17) is 4.74 Å². The molecule has 0 aliphatic heterocycles. The van der Waals surface area contributed by atoms with Crippen molar-refractivity contribution in [3.05, 3.63) is 40.2 Å². The molecular formula is C17H22N2O3. The van der Waals surface area contributed by atoms with Crippen LogP contribution in [0.15, 0.2) is 29.1 Å². The highest BCUT2D eigenvalue weighted by Gasteiger charge is 2.42. The van der Waals surface area contributed by atoms with Gasteiger partial charge in [-0.2, -0.15) is 0 Å². The van der Waals surface area contributed by atoms with Gasteiger partial charge in [0.15, 0.2) is 0 Å². The summed E-state index contributed by atoms with van der Waals surface area (Å²) in [6, 6.07) is 7.60. The van der Waals surface area contributed by atoms with E-state index in [1.54, 1.807) is 7.11 Å². The van der Waals surface area contributed by atoms with Crippen molar-refractivity contribution in [2.24, 2.45) is 5.41 Å². The van der Waals surface area contributed by atoms with Crippen LogP contribution in [0.5, 0.6) is 5.75 Å². The number of rotatable bonds is 6. The number of nitrogens with zero attached hydrogens (tertiary/aromatic N) is 1. The van der Waals surface area contributed by atoms with Crippen LogP contribution in [0.3, 0.4) is 0 Å². The van der Waals surface area contributed by atoms with Crippen molar-refractivity contribution in [1.82, 2.24) is 9.88 Å². The molecule has 1 aromatic heterocycles. The second-order valence-electron chi connectivity index (χ2n) is 6.41. The molecule has 2 aromatic rings. The molecule has 1 heterocycles. The van der Waals surface area contributed by atoms with Gasteiger partial charge in [-0.15, -0.1) is 0 Å². The van der Waals surface area contributed by atoms with E-state index >= 15 is 0 Å². The molecule has 5 heteroatoms. The Bertz CT molecular complexity index is 734. The molecular weight excluding hydrogens is 280 g/mol. The van der Waals surface area contributed by atoms with E-state index in [9.17, 15) is 9.90 Å². The van der Waals surface area contributed by atoms with Crippen molar-refractivity contribution < 1.29 is 9.84 Å². The van der Waals surface area contributed by atoms with Crippen LogP contribution in [-0.2, 0) is 6.54 Å². The maximum atomic E-state index is 12.2. The summed E-state index contributed by atoms with van der Waals surface area (Å²) in [5.74, 6) is 0.728. The fourth-order valence-electron chi connectivity index (χ4n) is 2.93. The van der Waals surface area contributed by atoms with Gasteiger partial charge < -0.3 is 19.7 Å². The molecule has 0 atom stereocenters. The number of fused-ring (bicyclic) bond motifs is 1. The standard InChI is InChI=1S/C17H22N2O3/c1-19(10-17(11-20)5-6-17)9-13-7-12-3-4-14(22-2)8-15(12)18-16(13)21/h3-4,7-8,20H,5-6,9-11H2,1-2H3,(H,18,21). The van der Waals surface area contributed by atoms with E-state index in [0.29, 0.717) is 6.54 Å². The Morgan fingerprint density at radius 2 is 2.14 bits per heavy atom. The Hall–Kier alpha value is -1.85. The van der Waals surface area contributed by atoms with Gasteiger partial charge in [0.2, 0.25) is 0 Å². The van der Waals surface area contributed by atoms with Crippen LogP contribution in [0.4, 0.5) is 0 Å². The van der Waals surface area contributed by atoms with Gasteiger partial charge in [0, 0.05) is 36.7 Å². The molecule has 1 aliphatic rings. The molecule has 0 bridgehead atoms. The minimum absolute atomic E-state index is 0.0612. The van der Waals surface area contributed by atoms with E-state index in [2.05, 4.69) is 9.88 Å². The van der Waals surface area contributed by atoms with Gasteiger partial charge in [-0.3, -0.25) is 4.79 Å². The van der Waals surface area contributed by atoms with E-state index in [1.165, 1.54) is 0 Å². The van der Waals surface area contributed by atoms with Crippen LogP contribution < -0.4 is 10.3 Å². The normalized spacial score (nSPS) is 16.2. The molecule has 1 fully saturated rings. The Morgan fingerprint density at radius 1 is 1.36 bits per heavy atom. The van der Waals surface area contributed by atoms with Gasteiger partial charge in [-0.25, -0.2) is 0 Å². The average molecular weight is 302 g/mol. The van der Waals surface area contributed by atoms with Crippen molar-refractivity contribution in [2.75, 3.05) is 27.3 Å². The number of nitrogens with one attached hydrogen (secondary N) is 1. The lowest BCUT2D eigenvalue weighted by Gasteiger charge is -2.22. The third-order valence-corrected chi connectivity index (χ3v) is 4.47. The second kappa shape index (κ2) is 5.74. The summed E-state index contributed by atoms with van der Waals surface area (Å²) in [6.07, 6.45) is 2.14. The van der Waals surface area contributed by atoms with Gasteiger partial charge in [0.05, 0.1) is 12.6 Å². The largest absolute Gasteiger partial charge is 0.497 e. The number of aliphatic hydroxyl groups is 1. The summed E-state index contributed by atoms with van der Waals surface area (Å²) < 4.78 is 5.18. The van der Waals surface area contributed by atoms with E-state index < -0.39 is 0 Å². The van der Waals surface area contributed by atoms with Crippen LogP contribution in [0.25, 0.3) is 10.9 Å². The Morgan fingerprint density at radius 3 is 2.77 bits per heavy atom. The monoisotopic (exact) mass is 302 g/mol. The zero-order valence-corrected chi connectivity index (χ0v) is 13.1. The Kier molecular flexibility index (Phi) is 3.93. The number of aromatic nitrogens is 1. The minimum atomic E-state index is -0.0681. The molecule has 0 amide bonds. The minimum Gasteiger partial charge on any atom is -0.497 e.